The lowest BCUT2D eigenvalue weighted by atomic mass is 9.84. The van der Waals surface area contributed by atoms with Crippen LogP contribution < -0.4 is 10.6 Å². The minimum absolute atomic E-state index is 0. The highest BCUT2D eigenvalue weighted by atomic mass is 127. The molecule has 2 atom stereocenters. The second-order valence-electron chi connectivity index (χ2n) is 8.43. The fourth-order valence-corrected chi connectivity index (χ4v) is 4.29. The lowest BCUT2D eigenvalue weighted by Crippen LogP contribution is -2.46. The molecule has 0 aromatic heterocycles. The summed E-state index contributed by atoms with van der Waals surface area (Å²) in [6, 6.07) is 9.03. The summed E-state index contributed by atoms with van der Waals surface area (Å²) in [6.45, 7) is 11.5. The van der Waals surface area contributed by atoms with Crippen LogP contribution in [0.15, 0.2) is 29.3 Å². The number of guanidine groups is 1. The van der Waals surface area contributed by atoms with E-state index in [1.54, 1.807) is 0 Å². The van der Waals surface area contributed by atoms with Crippen molar-refractivity contribution in [3.63, 3.8) is 0 Å². The number of aliphatic imine (C=N–C) groups is 1. The number of morpholine rings is 1. The maximum atomic E-state index is 9.48. The Morgan fingerprint density at radius 1 is 1.23 bits per heavy atom. The molecular weight excluding hydrogens is 507 g/mol. The lowest BCUT2D eigenvalue weighted by Gasteiger charge is -2.35. The first-order valence-corrected chi connectivity index (χ1v) is 11.2. The second kappa shape index (κ2) is 13.6. The molecule has 0 amide bonds. The SMILES string of the molecule is CCNC(=NCC1(CCO)CCOC1)NCC(c1cccc(C)c1)N1CCOCC1.I. The molecule has 1 aromatic carbocycles. The Kier molecular flexibility index (Phi) is 11.5. The van der Waals surface area contributed by atoms with Gasteiger partial charge in [0.2, 0.25) is 0 Å². The Hall–Kier alpha value is -0.940. The standard InChI is InChI=1S/C23H38N4O3.HI/c1-3-24-22(26-17-23(7-11-28)8-12-30-18-23)25-16-21(27-9-13-29-14-10-27)20-6-4-5-19(2)15-20;/h4-6,15,21,28H,3,7-14,16-18H2,1-2H3,(H2,24,25,26);1H. The number of benzene rings is 1. The molecule has 2 aliphatic heterocycles. The first-order chi connectivity index (χ1) is 14.7. The van der Waals surface area contributed by atoms with Gasteiger partial charge in [-0.2, -0.15) is 0 Å². The number of nitrogens with one attached hydrogen (secondary N) is 2. The van der Waals surface area contributed by atoms with Crippen molar-refractivity contribution in [2.75, 3.05) is 65.8 Å². The molecule has 2 unspecified atom stereocenters. The van der Waals surface area contributed by atoms with Gasteiger partial charge in [-0.05, 0) is 32.3 Å². The summed E-state index contributed by atoms with van der Waals surface area (Å²) in [7, 11) is 0. The summed E-state index contributed by atoms with van der Waals surface area (Å²) in [4.78, 5) is 7.37. The van der Waals surface area contributed by atoms with Crippen molar-refractivity contribution in [2.45, 2.75) is 32.7 Å². The highest BCUT2D eigenvalue weighted by Crippen LogP contribution is 2.32. The third kappa shape index (κ3) is 7.85. The van der Waals surface area contributed by atoms with Crippen LogP contribution in [0.5, 0.6) is 0 Å². The highest BCUT2D eigenvalue weighted by molar-refractivity contribution is 14.0. The van der Waals surface area contributed by atoms with Gasteiger partial charge in [-0.25, -0.2) is 0 Å². The van der Waals surface area contributed by atoms with Gasteiger partial charge in [0.25, 0.3) is 0 Å². The predicted octanol–water partition coefficient (Wildman–Crippen LogP) is 2.33. The zero-order valence-electron chi connectivity index (χ0n) is 18.9. The van der Waals surface area contributed by atoms with E-state index >= 15 is 0 Å². The molecule has 2 aliphatic rings. The molecular formula is C23H39IN4O3. The zero-order chi connectivity index (χ0) is 21.2. The zero-order valence-corrected chi connectivity index (χ0v) is 21.3. The van der Waals surface area contributed by atoms with Crippen molar-refractivity contribution in [3.8, 4) is 0 Å². The van der Waals surface area contributed by atoms with Crippen LogP contribution in [0.4, 0.5) is 0 Å². The van der Waals surface area contributed by atoms with Crippen LogP contribution >= 0.6 is 24.0 Å². The van der Waals surface area contributed by atoms with E-state index < -0.39 is 0 Å². The number of aliphatic hydroxyl groups excluding tert-OH is 1. The molecule has 0 aliphatic carbocycles. The first kappa shape index (κ1) is 26.3. The second-order valence-corrected chi connectivity index (χ2v) is 8.43. The molecule has 0 saturated carbocycles. The van der Waals surface area contributed by atoms with E-state index in [2.05, 4.69) is 53.6 Å². The summed E-state index contributed by atoms with van der Waals surface area (Å²) in [5.41, 5.74) is 2.55. The molecule has 3 rings (SSSR count). The van der Waals surface area contributed by atoms with Crippen LogP contribution in [0, 0.1) is 12.3 Å². The molecule has 8 heteroatoms. The molecule has 2 fully saturated rings. The molecule has 0 spiro atoms. The third-order valence-electron chi connectivity index (χ3n) is 6.12. The van der Waals surface area contributed by atoms with Crippen LogP contribution in [-0.2, 0) is 9.47 Å². The van der Waals surface area contributed by atoms with E-state index in [1.807, 2.05) is 0 Å². The quantitative estimate of drug-likeness (QED) is 0.251. The Bertz CT molecular complexity index is 677. The molecule has 176 valence electrons. The smallest absolute Gasteiger partial charge is 0.191 e. The van der Waals surface area contributed by atoms with Crippen molar-refractivity contribution in [1.82, 2.24) is 15.5 Å². The lowest BCUT2D eigenvalue weighted by molar-refractivity contribution is 0.0170. The Morgan fingerprint density at radius 2 is 2.03 bits per heavy atom. The Labute approximate surface area is 204 Å². The van der Waals surface area contributed by atoms with Crippen molar-refractivity contribution in [2.24, 2.45) is 10.4 Å². The van der Waals surface area contributed by atoms with Crippen molar-refractivity contribution in [1.29, 1.82) is 0 Å². The minimum Gasteiger partial charge on any atom is -0.396 e. The van der Waals surface area contributed by atoms with Crippen molar-refractivity contribution >= 4 is 29.9 Å². The number of nitrogens with zero attached hydrogens (tertiary/aromatic N) is 2. The van der Waals surface area contributed by atoms with Gasteiger partial charge in [-0.3, -0.25) is 9.89 Å². The topological polar surface area (TPSA) is 78.4 Å². The molecule has 7 nitrogen and oxygen atoms in total. The molecule has 0 bridgehead atoms. The highest BCUT2D eigenvalue weighted by Gasteiger charge is 2.34. The summed E-state index contributed by atoms with van der Waals surface area (Å²) in [6.07, 6.45) is 1.69. The number of hydrogen-bond acceptors (Lipinski definition) is 5. The fraction of sp³-hybridized carbons (Fsp3) is 0.696. The van der Waals surface area contributed by atoms with Crippen LogP contribution in [0.2, 0.25) is 0 Å². The number of hydrogen-bond donors (Lipinski definition) is 3. The number of rotatable bonds is 9. The van der Waals surface area contributed by atoms with Crippen LogP contribution in [0.3, 0.4) is 0 Å². The van der Waals surface area contributed by atoms with E-state index in [0.29, 0.717) is 13.2 Å². The first-order valence-electron chi connectivity index (χ1n) is 11.2. The average molecular weight is 546 g/mol. The number of aliphatic hydroxyl groups is 1. The molecule has 0 radical (unpaired) electrons. The normalized spacial score (nSPS) is 23.3. The van der Waals surface area contributed by atoms with Gasteiger partial charge in [0.1, 0.15) is 0 Å². The number of ether oxygens (including phenoxy) is 2. The largest absolute Gasteiger partial charge is 0.396 e. The van der Waals surface area contributed by atoms with Gasteiger partial charge in [0, 0.05) is 44.8 Å². The molecule has 2 heterocycles. The monoisotopic (exact) mass is 546 g/mol. The van der Waals surface area contributed by atoms with E-state index in [-0.39, 0.29) is 42.0 Å². The van der Waals surface area contributed by atoms with E-state index in [0.717, 1.165) is 64.8 Å². The van der Waals surface area contributed by atoms with E-state index in [1.165, 1.54) is 11.1 Å². The fourth-order valence-electron chi connectivity index (χ4n) is 4.29. The van der Waals surface area contributed by atoms with Gasteiger partial charge in [0.05, 0.1) is 32.4 Å². The summed E-state index contributed by atoms with van der Waals surface area (Å²) in [5.74, 6) is 0.827. The van der Waals surface area contributed by atoms with Gasteiger partial charge in [0.15, 0.2) is 5.96 Å². The van der Waals surface area contributed by atoms with Gasteiger partial charge in [-0.1, -0.05) is 29.8 Å². The summed E-state index contributed by atoms with van der Waals surface area (Å²) in [5, 5.41) is 16.4. The maximum absolute atomic E-state index is 9.48. The van der Waals surface area contributed by atoms with Gasteiger partial charge >= 0.3 is 0 Å². The van der Waals surface area contributed by atoms with Crippen LogP contribution in [0.25, 0.3) is 0 Å². The maximum Gasteiger partial charge on any atom is 0.191 e. The van der Waals surface area contributed by atoms with Crippen molar-refractivity contribution in [3.05, 3.63) is 35.4 Å². The van der Waals surface area contributed by atoms with Gasteiger partial charge in [-0.15, -0.1) is 24.0 Å². The molecule has 1 aromatic rings. The summed E-state index contributed by atoms with van der Waals surface area (Å²) < 4.78 is 11.2. The van der Waals surface area contributed by atoms with Crippen LogP contribution in [0.1, 0.15) is 36.9 Å². The minimum atomic E-state index is -0.0444. The molecule has 2 saturated heterocycles. The summed E-state index contributed by atoms with van der Waals surface area (Å²) >= 11 is 0. The van der Waals surface area contributed by atoms with E-state index in [4.69, 9.17) is 14.5 Å². The molecule has 31 heavy (non-hydrogen) atoms. The predicted molar refractivity (Wildman–Crippen MR) is 135 cm³/mol. The average Bonchev–Trinajstić information content (AvgIpc) is 3.22. The van der Waals surface area contributed by atoms with Crippen LogP contribution in [-0.4, -0.2) is 81.7 Å². The van der Waals surface area contributed by atoms with Crippen molar-refractivity contribution < 1.29 is 14.6 Å². The number of aryl methyl sites for hydroxylation is 1. The van der Waals surface area contributed by atoms with E-state index in [9.17, 15) is 5.11 Å². The Balaban J connectivity index is 0.00000341. The third-order valence-corrected chi connectivity index (χ3v) is 6.12. The van der Waals surface area contributed by atoms with Gasteiger partial charge < -0.3 is 25.2 Å². The molecule has 3 N–H and O–H groups in total. The number of halogens is 1. The Morgan fingerprint density at radius 3 is 2.68 bits per heavy atom.